The Labute approximate surface area is 162 Å². The first kappa shape index (κ1) is 16.8. The standard InChI is InChI=1S/C22H23N3OS/c26-21-20-17-5-4-6-18(17)27-22(20)24-19(23-21)12-9-15-7-10-16(11-8-15)25-13-2-1-3-14-25/h7-12H,1-6,13-14H2,(H,23,24,26)/b12-9+. The smallest absolute Gasteiger partial charge is 0.260 e. The maximum atomic E-state index is 12.5. The Kier molecular flexibility index (Phi) is 4.32. The molecule has 0 spiro atoms. The first-order chi connectivity index (χ1) is 13.3. The van der Waals surface area contributed by atoms with E-state index in [4.69, 9.17) is 0 Å². The molecular formula is C22H23N3OS. The average molecular weight is 378 g/mol. The molecule has 138 valence electrons. The van der Waals surface area contributed by atoms with Crippen molar-refractivity contribution in [2.75, 3.05) is 18.0 Å². The molecule has 2 aliphatic rings. The van der Waals surface area contributed by atoms with Gasteiger partial charge in [0.2, 0.25) is 0 Å². The van der Waals surface area contributed by atoms with E-state index >= 15 is 0 Å². The zero-order valence-corrected chi connectivity index (χ0v) is 16.1. The largest absolute Gasteiger partial charge is 0.372 e. The maximum Gasteiger partial charge on any atom is 0.260 e. The highest BCUT2D eigenvalue weighted by Crippen LogP contribution is 2.34. The SMILES string of the molecule is O=c1[nH]c(/C=C/c2ccc(N3CCCCC3)cc2)nc2sc3c(c12)CCC3. The minimum Gasteiger partial charge on any atom is -0.372 e. The summed E-state index contributed by atoms with van der Waals surface area (Å²) in [6.45, 7) is 2.32. The lowest BCUT2D eigenvalue weighted by atomic mass is 10.1. The van der Waals surface area contributed by atoms with Crippen LogP contribution in [0.4, 0.5) is 5.69 Å². The van der Waals surface area contributed by atoms with Crippen LogP contribution in [0.5, 0.6) is 0 Å². The van der Waals surface area contributed by atoms with Crippen molar-refractivity contribution in [3.8, 4) is 0 Å². The highest BCUT2D eigenvalue weighted by atomic mass is 32.1. The lowest BCUT2D eigenvalue weighted by Crippen LogP contribution is -2.29. The van der Waals surface area contributed by atoms with Gasteiger partial charge in [-0.25, -0.2) is 4.98 Å². The molecule has 1 aliphatic carbocycles. The number of benzene rings is 1. The zero-order chi connectivity index (χ0) is 18.2. The van der Waals surface area contributed by atoms with E-state index in [1.807, 2.05) is 12.2 Å². The topological polar surface area (TPSA) is 49.0 Å². The van der Waals surface area contributed by atoms with Crippen molar-refractivity contribution in [2.45, 2.75) is 38.5 Å². The summed E-state index contributed by atoms with van der Waals surface area (Å²) in [4.78, 5) is 24.8. The second-order valence-corrected chi connectivity index (χ2v) is 8.54. The Morgan fingerprint density at radius 2 is 1.81 bits per heavy atom. The van der Waals surface area contributed by atoms with Crippen LogP contribution in [-0.4, -0.2) is 23.1 Å². The van der Waals surface area contributed by atoms with Crippen LogP contribution in [0.25, 0.3) is 22.4 Å². The van der Waals surface area contributed by atoms with Crippen LogP contribution in [0.15, 0.2) is 29.1 Å². The van der Waals surface area contributed by atoms with Crippen LogP contribution in [-0.2, 0) is 12.8 Å². The van der Waals surface area contributed by atoms with E-state index in [1.165, 1.54) is 35.4 Å². The molecule has 2 aromatic heterocycles. The third-order valence-electron chi connectivity index (χ3n) is 5.64. The molecule has 3 heterocycles. The summed E-state index contributed by atoms with van der Waals surface area (Å²) >= 11 is 1.68. The van der Waals surface area contributed by atoms with Gasteiger partial charge < -0.3 is 9.88 Å². The first-order valence-electron chi connectivity index (χ1n) is 9.85. The predicted molar refractivity (Wildman–Crippen MR) is 114 cm³/mol. The molecule has 0 bridgehead atoms. The third kappa shape index (κ3) is 3.21. The van der Waals surface area contributed by atoms with Crippen LogP contribution in [0, 0.1) is 0 Å². The van der Waals surface area contributed by atoms with Crippen molar-refractivity contribution in [3.05, 3.63) is 56.4 Å². The van der Waals surface area contributed by atoms with Gasteiger partial charge in [-0.3, -0.25) is 4.79 Å². The molecule has 1 saturated heterocycles. The van der Waals surface area contributed by atoms with Crippen LogP contribution >= 0.6 is 11.3 Å². The van der Waals surface area contributed by atoms with Gasteiger partial charge in [0.25, 0.3) is 5.56 Å². The van der Waals surface area contributed by atoms with Gasteiger partial charge in [-0.05, 0) is 67.9 Å². The number of aromatic nitrogens is 2. The molecule has 5 heteroatoms. The van der Waals surface area contributed by atoms with Crippen molar-refractivity contribution >= 4 is 39.4 Å². The average Bonchev–Trinajstić information content (AvgIpc) is 3.28. The van der Waals surface area contributed by atoms with Crippen LogP contribution in [0.1, 0.15) is 47.5 Å². The Balaban J connectivity index is 1.38. The Bertz CT molecular complexity index is 1060. The summed E-state index contributed by atoms with van der Waals surface area (Å²) in [5.41, 5.74) is 3.65. The lowest BCUT2D eigenvalue weighted by molar-refractivity contribution is 0.578. The fourth-order valence-corrected chi connectivity index (χ4v) is 5.49. The van der Waals surface area contributed by atoms with Crippen molar-refractivity contribution < 1.29 is 0 Å². The van der Waals surface area contributed by atoms with Crippen molar-refractivity contribution in [1.29, 1.82) is 0 Å². The molecule has 3 aromatic rings. The molecule has 4 nitrogen and oxygen atoms in total. The molecule has 1 fully saturated rings. The van der Waals surface area contributed by atoms with Gasteiger partial charge in [0.05, 0.1) is 5.39 Å². The lowest BCUT2D eigenvalue weighted by Gasteiger charge is -2.28. The molecule has 0 radical (unpaired) electrons. The van der Waals surface area contributed by atoms with Crippen LogP contribution in [0.2, 0.25) is 0 Å². The minimum absolute atomic E-state index is 0.000466. The monoisotopic (exact) mass is 377 g/mol. The molecule has 0 atom stereocenters. The highest BCUT2D eigenvalue weighted by molar-refractivity contribution is 7.18. The predicted octanol–water partition coefficient (Wildman–Crippen LogP) is 4.63. The van der Waals surface area contributed by atoms with Crippen LogP contribution in [0.3, 0.4) is 0 Å². The van der Waals surface area contributed by atoms with Crippen molar-refractivity contribution in [2.24, 2.45) is 0 Å². The summed E-state index contributed by atoms with van der Waals surface area (Å²) in [6, 6.07) is 8.65. The number of aromatic amines is 1. The van der Waals surface area contributed by atoms with Gasteiger partial charge in [-0.2, -0.15) is 0 Å². The third-order valence-corrected chi connectivity index (χ3v) is 6.83. The molecule has 0 saturated carbocycles. The van der Waals surface area contributed by atoms with Crippen molar-refractivity contribution in [1.82, 2.24) is 9.97 Å². The molecule has 0 unspecified atom stereocenters. The van der Waals surface area contributed by atoms with Gasteiger partial charge in [-0.1, -0.05) is 18.2 Å². The molecular weight excluding hydrogens is 354 g/mol. The normalized spacial score (nSPS) is 17.1. The molecule has 1 aliphatic heterocycles. The van der Waals surface area contributed by atoms with Gasteiger partial charge in [0, 0.05) is 23.7 Å². The minimum atomic E-state index is -0.000466. The van der Waals surface area contributed by atoms with Gasteiger partial charge in [0.15, 0.2) is 0 Å². The summed E-state index contributed by atoms with van der Waals surface area (Å²) in [7, 11) is 0. The second kappa shape index (κ2) is 6.97. The quantitative estimate of drug-likeness (QED) is 0.724. The maximum absolute atomic E-state index is 12.5. The second-order valence-electron chi connectivity index (χ2n) is 7.46. The first-order valence-corrected chi connectivity index (χ1v) is 10.7. The number of hydrogen-bond donors (Lipinski definition) is 1. The molecule has 0 amide bonds. The summed E-state index contributed by atoms with van der Waals surface area (Å²) in [5, 5.41) is 0.815. The number of piperidine rings is 1. The van der Waals surface area contributed by atoms with E-state index in [2.05, 4.69) is 39.1 Å². The number of nitrogens with one attached hydrogen (secondary N) is 1. The van der Waals surface area contributed by atoms with Crippen LogP contribution < -0.4 is 10.5 Å². The summed E-state index contributed by atoms with van der Waals surface area (Å²) < 4.78 is 0. The number of H-pyrrole nitrogens is 1. The molecule has 1 N–H and O–H groups in total. The molecule has 1 aromatic carbocycles. The Hall–Kier alpha value is -2.40. The molecule has 27 heavy (non-hydrogen) atoms. The number of hydrogen-bond acceptors (Lipinski definition) is 4. The Morgan fingerprint density at radius 1 is 1.00 bits per heavy atom. The number of rotatable bonds is 3. The molecule has 5 rings (SSSR count). The number of anilines is 1. The number of fused-ring (bicyclic) bond motifs is 3. The number of nitrogens with zero attached hydrogens (tertiary/aromatic N) is 2. The van der Waals surface area contributed by atoms with Gasteiger partial charge in [-0.15, -0.1) is 11.3 Å². The number of thiophene rings is 1. The van der Waals surface area contributed by atoms with Gasteiger partial charge >= 0.3 is 0 Å². The fourth-order valence-electron chi connectivity index (χ4n) is 4.22. The highest BCUT2D eigenvalue weighted by Gasteiger charge is 2.20. The summed E-state index contributed by atoms with van der Waals surface area (Å²) in [6.07, 6.45) is 11.1. The summed E-state index contributed by atoms with van der Waals surface area (Å²) in [5.74, 6) is 0.632. The van der Waals surface area contributed by atoms with E-state index in [-0.39, 0.29) is 5.56 Å². The van der Waals surface area contributed by atoms with E-state index in [0.717, 1.165) is 48.1 Å². The fraction of sp³-hybridized carbons (Fsp3) is 0.364. The van der Waals surface area contributed by atoms with Crippen molar-refractivity contribution in [3.63, 3.8) is 0 Å². The van der Waals surface area contributed by atoms with Gasteiger partial charge in [0.1, 0.15) is 10.7 Å². The number of aryl methyl sites for hydroxylation is 2. The van der Waals surface area contributed by atoms with E-state index in [9.17, 15) is 4.79 Å². The Morgan fingerprint density at radius 3 is 2.63 bits per heavy atom. The van der Waals surface area contributed by atoms with E-state index < -0.39 is 0 Å². The zero-order valence-electron chi connectivity index (χ0n) is 15.3. The van der Waals surface area contributed by atoms with E-state index in [1.54, 1.807) is 11.3 Å². The van der Waals surface area contributed by atoms with E-state index in [0.29, 0.717) is 5.82 Å².